The minimum Gasteiger partial charge on any atom is -0.210 e. The summed E-state index contributed by atoms with van der Waals surface area (Å²) in [6.07, 6.45) is 5.19. The van der Waals surface area contributed by atoms with Crippen molar-refractivity contribution in [3.63, 3.8) is 0 Å². The zero-order chi connectivity index (χ0) is 13.6. The van der Waals surface area contributed by atoms with Crippen molar-refractivity contribution in [1.82, 2.24) is 4.72 Å². The lowest BCUT2D eigenvalue weighted by Crippen LogP contribution is -2.24. The third kappa shape index (κ3) is 5.21. The molecule has 18 heavy (non-hydrogen) atoms. The van der Waals surface area contributed by atoms with Crippen LogP contribution in [-0.4, -0.2) is 27.0 Å². The molecule has 0 bridgehead atoms. The van der Waals surface area contributed by atoms with Crippen LogP contribution in [0.3, 0.4) is 0 Å². The van der Waals surface area contributed by atoms with Gasteiger partial charge in [-0.05, 0) is 59.3 Å². The van der Waals surface area contributed by atoms with Crippen molar-refractivity contribution in [3.8, 4) is 0 Å². The molecule has 0 fully saturated rings. The molecule has 0 unspecified atom stereocenters. The smallest absolute Gasteiger partial charge is 0.210 e. The van der Waals surface area contributed by atoms with Gasteiger partial charge in [-0.3, -0.25) is 0 Å². The molecule has 0 aliphatic heterocycles. The third-order valence-corrected chi connectivity index (χ3v) is 7.18. The minimum atomic E-state index is -3.32. The van der Waals surface area contributed by atoms with Crippen molar-refractivity contribution >= 4 is 49.1 Å². The van der Waals surface area contributed by atoms with E-state index in [1.165, 1.54) is 11.3 Å². The molecule has 0 aliphatic carbocycles. The Morgan fingerprint density at radius 1 is 1.39 bits per heavy atom. The first-order valence-electron chi connectivity index (χ1n) is 5.72. The fraction of sp³-hybridized carbons (Fsp3) is 0.636. The first kappa shape index (κ1) is 16.5. The molecule has 0 saturated heterocycles. The highest BCUT2D eigenvalue weighted by Gasteiger charge is 2.17. The summed E-state index contributed by atoms with van der Waals surface area (Å²) in [5.74, 6) is 1.14. The number of unbranched alkanes of at least 4 members (excludes halogenated alkanes) is 2. The molecule has 1 aromatic heterocycles. The molecular formula is C11H18BrNO2S3. The van der Waals surface area contributed by atoms with Crippen molar-refractivity contribution in [2.45, 2.75) is 30.4 Å². The van der Waals surface area contributed by atoms with Crippen LogP contribution in [0, 0.1) is 6.92 Å². The van der Waals surface area contributed by atoms with Crippen molar-refractivity contribution in [2.75, 3.05) is 18.6 Å². The van der Waals surface area contributed by atoms with Crippen molar-refractivity contribution in [1.29, 1.82) is 0 Å². The lowest BCUT2D eigenvalue weighted by Gasteiger charge is -2.04. The number of thiophene rings is 1. The van der Waals surface area contributed by atoms with E-state index in [0.717, 1.165) is 34.4 Å². The zero-order valence-corrected chi connectivity index (χ0v) is 14.6. The normalized spacial score (nSPS) is 11.9. The number of hydrogen-bond donors (Lipinski definition) is 1. The van der Waals surface area contributed by atoms with E-state index in [2.05, 4.69) is 26.9 Å². The Morgan fingerprint density at radius 2 is 2.11 bits per heavy atom. The van der Waals surface area contributed by atoms with Crippen LogP contribution in [-0.2, 0) is 10.0 Å². The summed E-state index contributed by atoms with van der Waals surface area (Å²) < 4.78 is 27.8. The fourth-order valence-electron chi connectivity index (χ4n) is 1.39. The summed E-state index contributed by atoms with van der Waals surface area (Å²) in [6, 6.07) is 1.70. The SMILES string of the molecule is CSCCCCCNS(=O)(=O)c1cc(C)c(Br)s1. The van der Waals surface area contributed by atoms with Crippen LogP contribution in [0.2, 0.25) is 0 Å². The standard InChI is InChI=1S/C11H18BrNO2S3/c1-9-8-10(17-11(9)12)18(14,15)13-6-4-3-5-7-16-2/h8,13H,3-7H2,1-2H3. The monoisotopic (exact) mass is 371 g/mol. The Hall–Kier alpha value is 0.440. The largest absolute Gasteiger partial charge is 0.250 e. The minimum absolute atomic E-state index is 0.385. The molecule has 1 heterocycles. The van der Waals surface area contributed by atoms with Gasteiger partial charge in [-0.25, -0.2) is 13.1 Å². The van der Waals surface area contributed by atoms with Gasteiger partial charge < -0.3 is 0 Å². The van der Waals surface area contributed by atoms with Gasteiger partial charge in [0.05, 0.1) is 3.79 Å². The van der Waals surface area contributed by atoms with Gasteiger partial charge in [0.25, 0.3) is 0 Å². The van der Waals surface area contributed by atoms with Crippen LogP contribution in [0.4, 0.5) is 0 Å². The van der Waals surface area contributed by atoms with E-state index < -0.39 is 10.0 Å². The maximum Gasteiger partial charge on any atom is 0.250 e. The molecule has 3 nitrogen and oxygen atoms in total. The van der Waals surface area contributed by atoms with E-state index in [1.54, 1.807) is 6.07 Å². The molecule has 1 aromatic rings. The van der Waals surface area contributed by atoms with Crippen molar-refractivity contribution in [3.05, 3.63) is 15.4 Å². The average molecular weight is 372 g/mol. The van der Waals surface area contributed by atoms with E-state index in [1.807, 2.05) is 18.7 Å². The molecule has 1 N–H and O–H groups in total. The van der Waals surface area contributed by atoms with Crippen LogP contribution in [0.5, 0.6) is 0 Å². The second-order valence-electron chi connectivity index (χ2n) is 3.97. The van der Waals surface area contributed by atoms with Gasteiger partial charge >= 0.3 is 0 Å². The molecule has 0 spiro atoms. The predicted octanol–water partition coefficient (Wildman–Crippen LogP) is 3.63. The number of nitrogens with one attached hydrogen (secondary N) is 1. The maximum atomic E-state index is 12.0. The van der Waals surface area contributed by atoms with Crippen LogP contribution in [0.1, 0.15) is 24.8 Å². The number of halogens is 1. The lowest BCUT2D eigenvalue weighted by atomic mass is 10.2. The molecule has 0 amide bonds. The topological polar surface area (TPSA) is 46.2 Å². The van der Waals surface area contributed by atoms with Crippen LogP contribution >= 0.6 is 39.0 Å². The summed E-state index contributed by atoms with van der Waals surface area (Å²) in [5.41, 5.74) is 0.959. The van der Waals surface area contributed by atoms with Gasteiger partial charge in [0.2, 0.25) is 10.0 Å². The van der Waals surface area contributed by atoms with E-state index >= 15 is 0 Å². The maximum absolute atomic E-state index is 12.0. The number of sulfonamides is 1. The average Bonchev–Trinajstić information content (AvgIpc) is 2.65. The zero-order valence-electron chi connectivity index (χ0n) is 10.5. The molecule has 0 saturated carbocycles. The molecule has 1 rings (SSSR count). The number of hydrogen-bond acceptors (Lipinski definition) is 4. The summed E-state index contributed by atoms with van der Waals surface area (Å²) in [4.78, 5) is 0. The summed E-state index contributed by atoms with van der Waals surface area (Å²) in [5, 5.41) is 0. The van der Waals surface area contributed by atoms with Crippen LogP contribution in [0.25, 0.3) is 0 Å². The predicted molar refractivity (Wildman–Crippen MR) is 84.2 cm³/mol. The second kappa shape index (κ2) is 7.89. The molecule has 0 aliphatic rings. The Labute approximate surface area is 126 Å². The first-order valence-corrected chi connectivity index (χ1v) is 10.2. The van der Waals surface area contributed by atoms with E-state index in [9.17, 15) is 8.42 Å². The third-order valence-electron chi connectivity index (χ3n) is 2.42. The number of thioether (sulfide) groups is 1. The number of rotatable bonds is 8. The summed E-state index contributed by atoms with van der Waals surface area (Å²) >= 11 is 6.42. The molecule has 0 radical (unpaired) electrons. The van der Waals surface area contributed by atoms with Gasteiger partial charge in [0, 0.05) is 6.54 Å². The van der Waals surface area contributed by atoms with Crippen molar-refractivity contribution in [2.24, 2.45) is 0 Å². The molecule has 0 aromatic carbocycles. The highest BCUT2D eigenvalue weighted by molar-refractivity contribution is 9.11. The second-order valence-corrected chi connectivity index (χ2v) is 9.32. The van der Waals surface area contributed by atoms with Gasteiger partial charge in [0.15, 0.2) is 0 Å². The molecule has 104 valence electrons. The Balaban J connectivity index is 2.41. The molecule has 7 heteroatoms. The number of aryl methyl sites for hydroxylation is 1. The first-order chi connectivity index (χ1) is 8.47. The van der Waals surface area contributed by atoms with Crippen LogP contribution in [0.15, 0.2) is 14.1 Å². The van der Waals surface area contributed by atoms with Gasteiger partial charge in [-0.15, -0.1) is 11.3 Å². The van der Waals surface area contributed by atoms with E-state index in [-0.39, 0.29) is 0 Å². The van der Waals surface area contributed by atoms with Gasteiger partial charge in [-0.1, -0.05) is 6.42 Å². The molecular weight excluding hydrogens is 354 g/mol. The quantitative estimate of drug-likeness (QED) is 0.709. The highest BCUT2D eigenvalue weighted by atomic mass is 79.9. The fourth-order valence-corrected chi connectivity index (χ4v) is 5.23. The van der Waals surface area contributed by atoms with E-state index in [4.69, 9.17) is 0 Å². The van der Waals surface area contributed by atoms with Gasteiger partial charge in [-0.2, -0.15) is 11.8 Å². The van der Waals surface area contributed by atoms with Crippen LogP contribution < -0.4 is 4.72 Å². The molecule has 0 atom stereocenters. The lowest BCUT2D eigenvalue weighted by molar-refractivity contribution is 0.578. The van der Waals surface area contributed by atoms with Crippen molar-refractivity contribution < 1.29 is 8.42 Å². The Morgan fingerprint density at radius 3 is 2.67 bits per heavy atom. The van der Waals surface area contributed by atoms with Gasteiger partial charge in [0.1, 0.15) is 4.21 Å². The summed E-state index contributed by atoms with van der Waals surface area (Å²) in [6.45, 7) is 2.41. The highest BCUT2D eigenvalue weighted by Crippen LogP contribution is 2.30. The Bertz CT molecular complexity index is 451. The van der Waals surface area contributed by atoms with E-state index in [0.29, 0.717) is 10.8 Å². The summed E-state index contributed by atoms with van der Waals surface area (Å²) in [7, 11) is -3.32. The Kier molecular flexibility index (Phi) is 7.23.